The summed E-state index contributed by atoms with van der Waals surface area (Å²) in [4.78, 5) is 4.33. The first-order valence-electron chi connectivity index (χ1n) is 11.0. The minimum absolute atomic E-state index is 0.289. The van der Waals surface area contributed by atoms with Gasteiger partial charge in [-0.2, -0.15) is 0 Å². The van der Waals surface area contributed by atoms with E-state index in [2.05, 4.69) is 22.5 Å². The van der Waals surface area contributed by atoms with Gasteiger partial charge in [0.2, 0.25) is 0 Å². The van der Waals surface area contributed by atoms with Crippen molar-refractivity contribution in [3.05, 3.63) is 90.6 Å². The number of hydrogen-bond donors (Lipinski definition) is 4. The van der Waals surface area contributed by atoms with Crippen LogP contribution >= 0.6 is 12.8 Å². The smallest absolute Gasteiger partial charge is 0.138 e. The van der Waals surface area contributed by atoms with E-state index in [1.807, 2.05) is 78.9 Å². The lowest BCUT2D eigenvalue weighted by molar-refractivity contribution is 0.200. The Bertz CT molecular complexity index is 1100. The number of nitrogens with one attached hydrogen (secondary N) is 1. The summed E-state index contributed by atoms with van der Waals surface area (Å²) in [6.45, 7) is 2.83. The van der Waals surface area contributed by atoms with E-state index < -0.39 is 0 Å². The van der Waals surface area contributed by atoms with E-state index in [-0.39, 0.29) is 6.10 Å². The number of aliphatic hydroxyl groups is 1. The molecule has 0 fully saturated rings. The molecule has 0 aliphatic carbocycles. The molecule has 0 saturated heterocycles. The molecule has 35 heavy (non-hydrogen) atoms. The SMILES string of the molecule is CC(O)CNS.COc1ccc(CN)cc1.COc1ccc2c(Oc3ccccc3)ccnc2c1. The van der Waals surface area contributed by atoms with Gasteiger partial charge in [-0.05, 0) is 55.0 Å². The average molecular weight is 496 g/mol. The number of rotatable bonds is 7. The second kappa shape index (κ2) is 15.6. The molecule has 3 aromatic carbocycles. The second-order valence-electron chi connectivity index (χ2n) is 7.37. The monoisotopic (exact) mass is 495 g/mol. The Morgan fingerprint density at radius 3 is 2.11 bits per heavy atom. The van der Waals surface area contributed by atoms with Crippen LogP contribution in [0.1, 0.15) is 12.5 Å². The fourth-order valence-electron chi connectivity index (χ4n) is 2.83. The summed E-state index contributed by atoms with van der Waals surface area (Å²) in [7, 11) is 3.29. The van der Waals surface area contributed by atoms with Crippen LogP contribution in [-0.4, -0.2) is 37.0 Å². The summed E-state index contributed by atoms with van der Waals surface area (Å²) >= 11 is 3.65. The van der Waals surface area contributed by atoms with Crippen molar-refractivity contribution in [1.82, 2.24) is 9.71 Å². The summed E-state index contributed by atoms with van der Waals surface area (Å²) in [6, 6.07) is 25.1. The van der Waals surface area contributed by atoms with Gasteiger partial charge >= 0.3 is 0 Å². The Labute approximate surface area is 212 Å². The molecule has 0 aliphatic rings. The predicted octanol–water partition coefficient (Wildman–Crippen LogP) is 4.99. The van der Waals surface area contributed by atoms with Gasteiger partial charge in [-0.1, -0.05) is 43.1 Å². The van der Waals surface area contributed by atoms with Gasteiger partial charge in [0.1, 0.15) is 23.0 Å². The number of nitrogens with two attached hydrogens (primary N) is 1. The van der Waals surface area contributed by atoms with E-state index in [0.29, 0.717) is 13.1 Å². The molecule has 1 aromatic heterocycles. The highest BCUT2D eigenvalue weighted by atomic mass is 32.1. The van der Waals surface area contributed by atoms with E-state index in [1.165, 1.54) is 0 Å². The van der Waals surface area contributed by atoms with E-state index >= 15 is 0 Å². The summed E-state index contributed by atoms with van der Waals surface area (Å²) < 4.78 is 18.6. The van der Waals surface area contributed by atoms with Gasteiger partial charge in [0, 0.05) is 30.7 Å². The molecule has 1 heterocycles. The number of hydrogen-bond acceptors (Lipinski definition) is 8. The molecular weight excluding hydrogens is 462 g/mol. The molecule has 1 atom stereocenters. The molecule has 0 spiro atoms. The summed E-state index contributed by atoms with van der Waals surface area (Å²) in [5.74, 6) is 3.26. The molecule has 0 radical (unpaired) electrons. The lowest BCUT2D eigenvalue weighted by Crippen LogP contribution is -2.15. The Morgan fingerprint density at radius 1 is 0.914 bits per heavy atom. The molecule has 186 valence electrons. The van der Waals surface area contributed by atoms with Crippen LogP contribution in [0, 0.1) is 0 Å². The zero-order valence-corrected chi connectivity index (χ0v) is 21.1. The van der Waals surface area contributed by atoms with E-state index in [4.69, 9.17) is 25.1 Å². The highest BCUT2D eigenvalue weighted by Crippen LogP contribution is 2.30. The highest BCUT2D eigenvalue weighted by Gasteiger charge is 2.05. The molecule has 0 amide bonds. The number of nitrogens with zero attached hydrogens (tertiary/aromatic N) is 1. The molecule has 8 heteroatoms. The van der Waals surface area contributed by atoms with Crippen LogP contribution in [-0.2, 0) is 6.54 Å². The van der Waals surface area contributed by atoms with Gasteiger partial charge in [0.15, 0.2) is 0 Å². The molecule has 0 aliphatic heterocycles. The normalized spacial score (nSPS) is 10.8. The number of para-hydroxylation sites is 1. The Hall–Kier alpha value is -3.30. The standard InChI is InChI=1S/C16H13NO2.C8H11NO.C3H9NOS/c1-18-13-7-8-14-15(11-13)17-10-9-16(14)19-12-5-3-2-4-6-12;1-10-8-4-2-7(6-9)3-5-8;1-3(5)2-4-6/h2-11H,1H3;2-5H,6,9H2,1H3;3-6H,2H2,1H3. The van der Waals surface area contributed by atoms with Crippen molar-refractivity contribution in [2.75, 3.05) is 20.8 Å². The van der Waals surface area contributed by atoms with Gasteiger partial charge < -0.3 is 25.1 Å². The molecule has 4 N–H and O–H groups in total. The lowest BCUT2D eigenvalue weighted by atomic mass is 10.2. The van der Waals surface area contributed by atoms with Crippen LogP contribution in [0.25, 0.3) is 10.9 Å². The first kappa shape index (κ1) is 27.9. The molecule has 0 bridgehead atoms. The van der Waals surface area contributed by atoms with Crippen LogP contribution in [0.3, 0.4) is 0 Å². The van der Waals surface area contributed by atoms with Crippen molar-refractivity contribution >= 4 is 23.7 Å². The molecular formula is C27H33N3O4S. The first-order valence-corrected chi connectivity index (χ1v) is 11.5. The predicted molar refractivity (Wildman–Crippen MR) is 144 cm³/mol. The van der Waals surface area contributed by atoms with Gasteiger partial charge in [0.05, 0.1) is 25.8 Å². The fourth-order valence-corrected chi connectivity index (χ4v) is 3.09. The molecule has 1 unspecified atom stereocenters. The van der Waals surface area contributed by atoms with Gasteiger partial charge in [-0.3, -0.25) is 9.71 Å². The minimum atomic E-state index is -0.289. The number of ether oxygens (including phenoxy) is 3. The van der Waals surface area contributed by atoms with E-state index in [0.717, 1.165) is 39.5 Å². The third-order valence-corrected chi connectivity index (χ3v) is 4.84. The number of aliphatic hydroxyl groups excluding tert-OH is 1. The number of benzene rings is 3. The zero-order chi connectivity index (χ0) is 25.5. The van der Waals surface area contributed by atoms with Crippen molar-refractivity contribution in [2.24, 2.45) is 5.73 Å². The summed E-state index contributed by atoms with van der Waals surface area (Å²) in [5.41, 5.74) is 7.38. The number of thiol groups is 1. The van der Waals surface area contributed by atoms with Crippen molar-refractivity contribution in [2.45, 2.75) is 19.6 Å². The van der Waals surface area contributed by atoms with Gasteiger partial charge in [0.25, 0.3) is 0 Å². The topological polar surface area (TPSA) is 98.9 Å². The van der Waals surface area contributed by atoms with E-state index in [1.54, 1.807) is 27.3 Å². The van der Waals surface area contributed by atoms with Crippen LogP contribution in [0.4, 0.5) is 0 Å². The zero-order valence-electron chi connectivity index (χ0n) is 20.2. The molecule has 4 aromatic rings. The lowest BCUT2D eigenvalue weighted by Gasteiger charge is -2.09. The fraction of sp³-hybridized carbons (Fsp3) is 0.222. The molecule has 4 rings (SSSR count). The highest BCUT2D eigenvalue weighted by molar-refractivity contribution is 7.78. The summed E-state index contributed by atoms with van der Waals surface area (Å²) in [5, 5.41) is 9.41. The quantitative estimate of drug-likeness (QED) is 0.268. The van der Waals surface area contributed by atoms with Crippen molar-refractivity contribution in [3.63, 3.8) is 0 Å². The largest absolute Gasteiger partial charge is 0.497 e. The van der Waals surface area contributed by atoms with Crippen molar-refractivity contribution in [1.29, 1.82) is 0 Å². The second-order valence-corrected chi connectivity index (χ2v) is 7.69. The van der Waals surface area contributed by atoms with Gasteiger partial charge in [-0.15, -0.1) is 0 Å². The Kier molecular flexibility index (Phi) is 12.4. The first-order chi connectivity index (χ1) is 17.0. The van der Waals surface area contributed by atoms with Gasteiger partial charge in [-0.25, -0.2) is 0 Å². The Morgan fingerprint density at radius 2 is 1.57 bits per heavy atom. The maximum atomic E-state index is 8.44. The average Bonchev–Trinajstić information content (AvgIpc) is 2.90. The van der Waals surface area contributed by atoms with Crippen LogP contribution < -0.4 is 24.7 Å². The van der Waals surface area contributed by atoms with Crippen LogP contribution in [0.15, 0.2) is 85.1 Å². The van der Waals surface area contributed by atoms with E-state index in [9.17, 15) is 0 Å². The summed E-state index contributed by atoms with van der Waals surface area (Å²) in [6.07, 6.45) is 1.45. The Balaban J connectivity index is 0.000000226. The third-order valence-electron chi connectivity index (χ3n) is 4.66. The maximum absolute atomic E-state index is 8.44. The molecule has 0 saturated carbocycles. The number of methoxy groups -OCH3 is 2. The number of pyridine rings is 1. The van der Waals surface area contributed by atoms with Crippen LogP contribution in [0.2, 0.25) is 0 Å². The van der Waals surface area contributed by atoms with Crippen molar-refractivity contribution < 1.29 is 19.3 Å². The van der Waals surface area contributed by atoms with Crippen LogP contribution in [0.5, 0.6) is 23.0 Å². The van der Waals surface area contributed by atoms with Crippen molar-refractivity contribution in [3.8, 4) is 23.0 Å². The molecule has 7 nitrogen and oxygen atoms in total. The minimum Gasteiger partial charge on any atom is -0.497 e. The maximum Gasteiger partial charge on any atom is 0.138 e. The number of aromatic nitrogens is 1. The third kappa shape index (κ3) is 9.84. The number of fused-ring (bicyclic) bond motifs is 1.